The zero-order chi connectivity index (χ0) is 17.9. The van der Waals surface area contributed by atoms with E-state index < -0.39 is 24.5 Å². The first-order chi connectivity index (χ1) is 12.0. The molecule has 4 atom stereocenters. The molecule has 4 rings (SSSR count). The van der Waals surface area contributed by atoms with Crippen molar-refractivity contribution in [3.8, 4) is 0 Å². The third kappa shape index (κ3) is 2.17. The van der Waals surface area contributed by atoms with Crippen LogP contribution in [0.15, 0.2) is 18.6 Å². The predicted molar refractivity (Wildman–Crippen MR) is 91.3 cm³/mol. The van der Waals surface area contributed by atoms with E-state index in [0.29, 0.717) is 5.65 Å². The van der Waals surface area contributed by atoms with E-state index in [0.717, 1.165) is 22.2 Å². The maximum Gasteiger partial charge on any atom is 0.165 e. The molecule has 1 aliphatic rings. The van der Waals surface area contributed by atoms with Crippen molar-refractivity contribution in [1.29, 1.82) is 0 Å². The van der Waals surface area contributed by atoms with Crippen LogP contribution in [0.2, 0.25) is 0 Å². The third-order valence-electron chi connectivity index (χ3n) is 4.78. The number of hydrogen-bond donors (Lipinski definition) is 3. The van der Waals surface area contributed by atoms with E-state index in [1.54, 1.807) is 4.57 Å². The first-order valence-electron chi connectivity index (χ1n) is 8.05. The molecule has 25 heavy (non-hydrogen) atoms. The van der Waals surface area contributed by atoms with Gasteiger partial charge in [-0.1, -0.05) is 0 Å². The highest BCUT2D eigenvalue weighted by atomic mass is 16.6. The summed E-state index contributed by atoms with van der Waals surface area (Å²) >= 11 is 0. The summed E-state index contributed by atoms with van der Waals surface area (Å²) < 4.78 is 9.47. The molecule has 3 aromatic rings. The van der Waals surface area contributed by atoms with Crippen LogP contribution in [0.4, 0.5) is 5.82 Å². The van der Waals surface area contributed by atoms with E-state index in [4.69, 9.17) is 4.74 Å². The summed E-state index contributed by atoms with van der Waals surface area (Å²) in [6.45, 7) is -0.371. The Balaban J connectivity index is 2.02. The van der Waals surface area contributed by atoms with Crippen LogP contribution in [0.5, 0.6) is 0 Å². The number of aliphatic hydroxyl groups is 3. The van der Waals surface area contributed by atoms with Gasteiger partial charge in [-0.3, -0.25) is 4.57 Å². The summed E-state index contributed by atoms with van der Waals surface area (Å²) in [5.74, 6) is 0.752. The van der Waals surface area contributed by atoms with Crippen LogP contribution in [0, 0.1) is 0 Å². The molecule has 0 saturated carbocycles. The van der Waals surface area contributed by atoms with Gasteiger partial charge < -0.3 is 29.5 Å². The molecule has 3 aromatic heterocycles. The predicted octanol–water partition coefficient (Wildman–Crippen LogP) is -0.400. The fraction of sp³-hybridized carbons (Fsp3) is 0.500. The van der Waals surface area contributed by atoms with E-state index in [2.05, 4.69) is 9.97 Å². The summed E-state index contributed by atoms with van der Waals surface area (Å²) in [5.41, 5.74) is 2.34. The molecule has 9 nitrogen and oxygen atoms in total. The van der Waals surface area contributed by atoms with E-state index >= 15 is 0 Å². The third-order valence-corrected chi connectivity index (χ3v) is 4.78. The number of aliphatic hydroxyl groups excluding tert-OH is 3. The first kappa shape index (κ1) is 16.3. The van der Waals surface area contributed by atoms with Crippen molar-refractivity contribution in [1.82, 2.24) is 19.1 Å². The average molecular weight is 347 g/mol. The largest absolute Gasteiger partial charge is 0.394 e. The van der Waals surface area contributed by atoms with Crippen LogP contribution in [0.3, 0.4) is 0 Å². The number of fused-ring (bicyclic) bond motifs is 3. The van der Waals surface area contributed by atoms with Gasteiger partial charge in [0, 0.05) is 27.3 Å². The van der Waals surface area contributed by atoms with E-state index in [1.807, 2.05) is 42.9 Å². The molecule has 0 aliphatic carbocycles. The van der Waals surface area contributed by atoms with Crippen molar-refractivity contribution in [2.75, 3.05) is 25.6 Å². The normalized spacial score (nSPS) is 26.8. The van der Waals surface area contributed by atoms with Crippen LogP contribution in [0.25, 0.3) is 22.1 Å². The van der Waals surface area contributed by atoms with Gasteiger partial charge in [0.1, 0.15) is 36.1 Å². The average Bonchev–Trinajstić information content (AvgIpc) is 3.21. The van der Waals surface area contributed by atoms with Crippen molar-refractivity contribution in [3.05, 3.63) is 18.6 Å². The van der Waals surface area contributed by atoms with Crippen LogP contribution >= 0.6 is 0 Å². The highest BCUT2D eigenvalue weighted by molar-refractivity contribution is 6.10. The Hall–Kier alpha value is -2.20. The smallest absolute Gasteiger partial charge is 0.165 e. The zero-order valence-corrected chi connectivity index (χ0v) is 14.2. The molecule has 3 N–H and O–H groups in total. The number of ether oxygens (including phenoxy) is 1. The van der Waals surface area contributed by atoms with Gasteiger partial charge in [-0.05, 0) is 6.07 Å². The molecule has 0 aromatic carbocycles. The fourth-order valence-electron chi connectivity index (χ4n) is 3.58. The topological polar surface area (TPSA) is 109 Å². The molecule has 1 saturated heterocycles. The lowest BCUT2D eigenvalue weighted by atomic mass is 10.1. The van der Waals surface area contributed by atoms with Gasteiger partial charge in [-0.2, -0.15) is 0 Å². The molecular weight excluding hydrogens is 326 g/mol. The second-order valence-corrected chi connectivity index (χ2v) is 6.55. The van der Waals surface area contributed by atoms with Gasteiger partial charge >= 0.3 is 0 Å². The van der Waals surface area contributed by atoms with Crippen LogP contribution in [-0.2, 0) is 11.8 Å². The van der Waals surface area contributed by atoms with E-state index in [1.165, 1.54) is 6.33 Å². The molecular formula is C16H21N5O4. The van der Waals surface area contributed by atoms with Crippen molar-refractivity contribution in [2.24, 2.45) is 7.05 Å². The Labute approximate surface area is 143 Å². The van der Waals surface area contributed by atoms with Crippen LogP contribution in [-0.4, -0.2) is 73.4 Å². The SMILES string of the molecule is CN(C)c1ncnc2c1c1c(ccn1C)n2[C@@H]1O[C@H](CO)[C@@H](O)[C@H]1O. The second-order valence-electron chi connectivity index (χ2n) is 6.55. The van der Waals surface area contributed by atoms with Gasteiger partial charge in [-0.15, -0.1) is 0 Å². The van der Waals surface area contributed by atoms with Gasteiger partial charge in [-0.25, -0.2) is 9.97 Å². The van der Waals surface area contributed by atoms with Crippen molar-refractivity contribution in [2.45, 2.75) is 24.5 Å². The molecule has 0 unspecified atom stereocenters. The number of anilines is 1. The minimum Gasteiger partial charge on any atom is -0.394 e. The standard InChI is InChI=1S/C16H21N5O4/c1-19(2)14-10-11-8(4-5-20(11)3)21(15(10)18-7-17-14)16-13(24)12(23)9(6-22)25-16/h4-5,7,9,12-13,16,22-24H,6H2,1-3H3/t9-,12-,13-,16-/m1/s1. The van der Waals surface area contributed by atoms with E-state index in [-0.39, 0.29) is 6.61 Å². The van der Waals surface area contributed by atoms with Gasteiger partial charge in [0.2, 0.25) is 0 Å². The molecule has 1 aliphatic heterocycles. The van der Waals surface area contributed by atoms with E-state index in [9.17, 15) is 15.3 Å². The Morgan fingerprint density at radius 3 is 2.64 bits per heavy atom. The monoisotopic (exact) mass is 347 g/mol. The van der Waals surface area contributed by atoms with Gasteiger partial charge in [0.05, 0.1) is 23.0 Å². The molecule has 0 radical (unpaired) electrons. The first-order valence-corrected chi connectivity index (χ1v) is 8.05. The molecule has 134 valence electrons. The minimum atomic E-state index is -1.17. The maximum absolute atomic E-state index is 10.5. The van der Waals surface area contributed by atoms with Crippen molar-refractivity contribution < 1.29 is 20.1 Å². The zero-order valence-electron chi connectivity index (χ0n) is 14.2. The Morgan fingerprint density at radius 2 is 2.00 bits per heavy atom. The lowest BCUT2D eigenvalue weighted by Crippen LogP contribution is -2.33. The van der Waals surface area contributed by atoms with Gasteiger partial charge in [0.25, 0.3) is 0 Å². The molecule has 9 heteroatoms. The highest BCUT2D eigenvalue weighted by Gasteiger charge is 2.44. The highest BCUT2D eigenvalue weighted by Crippen LogP contribution is 2.39. The van der Waals surface area contributed by atoms with Crippen LogP contribution < -0.4 is 4.90 Å². The van der Waals surface area contributed by atoms with Crippen LogP contribution in [0.1, 0.15) is 6.23 Å². The number of aromatic nitrogens is 4. The lowest BCUT2D eigenvalue weighted by molar-refractivity contribution is -0.0489. The fourth-order valence-corrected chi connectivity index (χ4v) is 3.58. The van der Waals surface area contributed by atoms with Crippen molar-refractivity contribution >= 4 is 27.9 Å². The molecule has 4 heterocycles. The quantitative estimate of drug-likeness (QED) is 0.591. The number of aryl methyl sites for hydroxylation is 1. The lowest BCUT2D eigenvalue weighted by Gasteiger charge is -2.18. The number of nitrogens with zero attached hydrogens (tertiary/aromatic N) is 5. The van der Waals surface area contributed by atoms with Crippen molar-refractivity contribution in [3.63, 3.8) is 0 Å². The summed E-state index contributed by atoms with van der Waals surface area (Å²) in [5, 5.41) is 30.8. The Bertz CT molecular complexity index is 934. The molecule has 1 fully saturated rings. The summed E-state index contributed by atoms with van der Waals surface area (Å²) in [7, 11) is 5.73. The molecule has 0 amide bonds. The minimum absolute atomic E-state index is 0.371. The van der Waals surface area contributed by atoms with Gasteiger partial charge in [0.15, 0.2) is 6.23 Å². The number of rotatable bonds is 3. The second kappa shape index (κ2) is 5.67. The molecule has 0 spiro atoms. The maximum atomic E-state index is 10.5. The summed E-state index contributed by atoms with van der Waals surface area (Å²) in [6, 6.07) is 1.91. The summed E-state index contributed by atoms with van der Waals surface area (Å²) in [4.78, 5) is 10.7. The summed E-state index contributed by atoms with van der Waals surface area (Å²) in [6.07, 6.45) is -0.649. The Kier molecular flexibility index (Phi) is 3.69. The Morgan fingerprint density at radius 1 is 1.24 bits per heavy atom. The number of hydrogen-bond acceptors (Lipinski definition) is 7. The molecule has 0 bridgehead atoms.